The number of nitrogens with one attached hydrogen (secondary N) is 1. The summed E-state index contributed by atoms with van der Waals surface area (Å²) < 4.78 is 5.54. The standard InChI is InChI=1S/C29H21N3OS2/c33-20-23-15-18-29(34-23)25-16-17-27(32-28(25)19-30-35-32)24-13-7-8-14-26(24)31(21-9-3-1-4-10-21)22-11-5-2-6-12-22/h1-20,30H. The highest BCUT2D eigenvalue weighted by Crippen LogP contribution is 2.47. The first-order valence-electron chi connectivity index (χ1n) is 11.2. The molecule has 1 aromatic heterocycles. The third kappa shape index (κ3) is 3.97. The zero-order valence-corrected chi connectivity index (χ0v) is 20.3. The fourth-order valence-electron chi connectivity index (χ4n) is 4.36. The van der Waals surface area contributed by atoms with E-state index in [0.29, 0.717) is 0 Å². The number of aldehydes is 1. The van der Waals surface area contributed by atoms with E-state index in [1.165, 1.54) is 11.3 Å². The smallest absolute Gasteiger partial charge is 0.160 e. The molecule has 2 aliphatic rings. The van der Waals surface area contributed by atoms with Gasteiger partial charge in [0.05, 0.1) is 34.1 Å². The Morgan fingerprint density at radius 2 is 1.43 bits per heavy atom. The van der Waals surface area contributed by atoms with Crippen molar-refractivity contribution in [1.82, 2.24) is 9.03 Å². The van der Waals surface area contributed by atoms with Gasteiger partial charge in [0.1, 0.15) is 0 Å². The van der Waals surface area contributed by atoms with Crippen molar-refractivity contribution in [3.8, 4) is 0 Å². The molecule has 6 rings (SSSR count). The second kappa shape index (κ2) is 9.33. The maximum Gasteiger partial charge on any atom is 0.160 e. The fourth-order valence-corrected chi connectivity index (χ4v) is 5.99. The molecule has 0 aliphatic carbocycles. The predicted octanol–water partition coefficient (Wildman–Crippen LogP) is 7.78. The van der Waals surface area contributed by atoms with Crippen molar-refractivity contribution in [3.05, 3.63) is 136 Å². The molecule has 0 atom stereocenters. The molecule has 0 bridgehead atoms. The van der Waals surface area contributed by atoms with Gasteiger partial charge in [-0.2, -0.15) is 0 Å². The van der Waals surface area contributed by atoms with E-state index in [2.05, 4.69) is 98.9 Å². The van der Waals surface area contributed by atoms with Gasteiger partial charge in [0.25, 0.3) is 0 Å². The van der Waals surface area contributed by atoms with Gasteiger partial charge in [-0.3, -0.25) is 9.10 Å². The molecule has 0 fully saturated rings. The molecule has 0 saturated carbocycles. The van der Waals surface area contributed by atoms with Crippen LogP contribution in [-0.2, 0) is 0 Å². The van der Waals surface area contributed by atoms with Gasteiger partial charge in [-0.25, -0.2) is 0 Å². The van der Waals surface area contributed by atoms with Crippen LogP contribution >= 0.6 is 23.5 Å². The minimum absolute atomic E-state index is 0.730. The van der Waals surface area contributed by atoms with E-state index in [4.69, 9.17) is 0 Å². The van der Waals surface area contributed by atoms with Crippen molar-refractivity contribution in [2.24, 2.45) is 0 Å². The monoisotopic (exact) mass is 491 g/mol. The van der Waals surface area contributed by atoms with Crippen molar-refractivity contribution in [2.75, 3.05) is 4.90 Å². The van der Waals surface area contributed by atoms with Crippen LogP contribution in [0.25, 0.3) is 11.3 Å². The second-order valence-corrected chi connectivity index (χ2v) is 9.91. The molecule has 6 heteroatoms. The molecule has 1 N–H and O–H groups in total. The maximum absolute atomic E-state index is 11.2. The summed E-state index contributed by atoms with van der Waals surface area (Å²) in [5, 5.41) is 0. The van der Waals surface area contributed by atoms with Crippen LogP contribution in [-0.4, -0.2) is 10.6 Å². The van der Waals surface area contributed by atoms with Gasteiger partial charge in [0.15, 0.2) is 6.29 Å². The first-order chi connectivity index (χ1) is 17.3. The average molecular weight is 492 g/mol. The molecule has 4 aromatic rings. The molecule has 4 nitrogen and oxygen atoms in total. The summed E-state index contributed by atoms with van der Waals surface area (Å²) in [5.41, 5.74) is 7.69. The Labute approximate surface area is 212 Å². The lowest BCUT2D eigenvalue weighted by Crippen LogP contribution is -2.18. The summed E-state index contributed by atoms with van der Waals surface area (Å²) in [6.45, 7) is 0. The molecule has 0 saturated heterocycles. The topological polar surface area (TPSA) is 35.6 Å². The third-order valence-corrected chi connectivity index (χ3v) is 7.76. The number of rotatable bonds is 6. The third-order valence-electron chi connectivity index (χ3n) is 5.92. The summed E-state index contributed by atoms with van der Waals surface area (Å²) in [6, 6.07) is 33.3. The van der Waals surface area contributed by atoms with Crippen LogP contribution < -0.4 is 9.62 Å². The number of nitrogens with zero attached hydrogens (tertiary/aromatic N) is 2. The zero-order chi connectivity index (χ0) is 23.6. The molecule has 170 valence electrons. The van der Waals surface area contributed by atoms with Crippen LogP contribution in [0.5, 0.6) is 0 Å². The van der Waals surface area contributed by atoms with Gasteiger partial charge >= 0.3 is 0 Å². The number of carbonyl (C=O) groups is 1. The highest BCUT2D eigenvalue weighted by atomic mass is 32.2. The summed E-state index contributed by atoms with van der Waals surface area (Å²) in [4.78, 5) is 15.3. The van der Waals surface area contributed by atoms with Gasteiger partial charge < -0.3 is 9.62 Å². The number of hydrogen-bond donors (Lipinski definition) is 1. The van der Waals surface area contributed by atoms with Crippen molar-refractivity contribution in [3.63, 3.8) is 0 Å². The van der Waals surface area contributed by atoms with Gasteiger partial charge in [0, 0.05) is 33.6 Å². The van der Waals surface area contributed by atoms with Crippen molar-refractivity contribution < 1.29 is 4.79 Å². The maximum atomic E-state index is 11.2. The van der Waals surface area contributed by atoms with E-state index in [-0.39, 0.29) is 0 Å². The van der Waals surface area contributed by atoms with Crippen LogP contribution in [0.3, 0.4) is 0 Å². The lowest BCUT2D eigenvalue weighted by Gasteiger charge is -2.32. The number of allylic oxidation sites excluding steroid dienone is 3. The average Bonchev–Trinajstić information content (AvgIpc) is 3.60. The molecule has 0 unspecified atom stereocenters. The van der Waals surface area contributed by atoms with Gasteiger partial charge in [-0.15, -0.1) is 11.3 Å². The van der Waals surface area contributed by atoms with Crippen molar-refractivity contribution >= 4 is 58.1 Å². The van der Waals surface area contributed by atoms with Crippen molar-refractivity contribution in [2.45, 2.75) is 0 Å². The van der Waals surface area contributed by atoms with Crippen LogP contribution in [0, 0.1) is 0 Å². The number of fused-ring (bicyclic) bond motifs is 1. The predicted molar refractivity (Wildman–Crippen MR) is 147 cm³/mol. The van der Waals surface area contributed by atoms with E-state index in [1.807, 2.05) is 30.5 Å². The fraction of sp³-hybridized carbons (Fsp3) is 0. The summed E-state index contributed by atoms with van der Waals surface area (Å²) >= 11 is 3.06. The Balaban J connectivity index is 1.50. The Bertz CT molecular complexity index is 1430. The quantitative estimate of drug-likeness (QED) is 0.220. The van der Waals surface area contributed by atoms with Gasteiger partial charge in [-0.1, -0.05) is 54.6 Å². The van der Waals surface area contributed by atoms with E-state index in [0.717, 1.165) is 55.6 Å². The summed E-state index contributed by atoms with van der Waals surface area (Å²) in [7, 11) is 0. The first-order valence-corrected chi connectivity index (χ1v) is 12.8. The van der Waals surface area contributed by atoms with Crippen LogP contribution in [0.15, 0.2) is 121 Å². The molecule has 0 radical (unpaired) electrons. The number of anilines is 3. The minimum atomic E-state index is 0.730. The van der Waals surface area contributed by atoms with E-state index >= 15 is 0 Å². The van der Waals surface area contributed by atoms with E-state index < -0.39 is 0 Å². The molecule has 2 aliphatic heterocycles. The molecular formula is C29H21N3OS2. The second-order valence-electron chi connectivity index (χ2n) is 8.01. The lowest BCUT2D eigenvalue weighted by atomic mass is 10.0. The molecule has 3 aromatic carbocycles. The highest BCUT2D eigenvalue weighted by Gasteiger charge is 2.30. The molecule has 0 amide bonds. The van der Waals surface area contributed by atoms with Crippen LogP contribution in [0.1, 0.15) is 20.1 Å². The van der Waals surface area contributed by atoms with Crippen LogP contribution in [0.4, 0.5) is 17.1 Å². The molecule has 3 heterocycles. The Hall–Kier alpha value is -4.00. The lowest BCUT2D eigenvalue weighted by molar-refractivity contribution is 0.112. The van der Waals surface area contributed by atoms with Crippen LogP contribution in [0.2, 0.25) is 0 Å². The number of benzene rings is 3. The Morgan fingerprint density at radius 3 is 2.11 bits per heavy atom. The van der Waals surface area contributed by atoms with Gasteiger partial charge in [-0.05, 0) is 54.6 Å². The largest absolute Gasteiger partial charge is 0.316 e. The number of carbonyl (C=O) groups excluding carboxylic acids is 1. The number of hydrogen-bond acceptors (Lipinski definition) is 6. The summed E-state index contributed by atoms with van der Waals surface area (Å²) in [6.07, 6.45) is 7.25. The minimum Gasteiger partial charge on any atom is -0.316 e. The number of thiophene rings is 1. The molecule has 35 heavy (non-hydrogen) atoms. The SMILES string of the molecule is O=Cc1ccc(C2=CC=C(c3ccccc3N(c3ccccc3)c3ccccc3)N3SNC=C23)s1. The Kier molecular flexibility index (Phi) is 5.74. The highest BCUT2D eigenvalue weighted by molar-refractivity contribution is 7.95. The summed E-state index contributed by atoms with van der Waals surface area (Å²) in [5.74, 6) is 0. The zero-order valence-electron chi connectivity index (χ0n) is 18.7. The Morgan fingerprint density at radius 1 is 0.743 bits per heavy atom. The van der Waals surface area contributed by atoms with E-state index in [9.17, 15) is 4.79 Å². The van der Waals surface area contributed by atoms with Gasteiger partial charge in [0.2, 0.25) is 0 Å². The first kappa shape index (κ1) is 21.5. The van der Waals surface area contributed by atoms with Crippen molar-refractivity contribution in [1.29, 1.82) is 0 Å². The normalized spacial score (nSPS) is 14.4. The molecule has 0 spiro atoms. The number of para-hydroxylation sites is 3. The van der Waals surface area contributed by atoms with E-state index in [1.54, 1.807) is 12.1 Å². The molecular weight excluding hydrogens is 470 g/mol.